The molecule has 29 heavy (non-hydrogen) atoms. The van der Waals surface area contributed by atoms with E-state index in [1.54, 1.807) is 23.9 Å². The molecule has 154 valence electrons. The first-order valence-corrected chi connectivity index (χ1v) is 11.2. The van der Waals surface area contributed by atoms with Gasteiger partial charge in [-0.1, -0.05) is 24.3 Å². The molecular formula is C22H28N3O3S+. The lowest BCUT2D eigenvalue weighted by Gasteiger charge is -2.33. The van der Waals surface area contributed by atoms with E-state index in [0.29, 0.717) is 5.76 Å². The van der Waals surface area contributed by atoms with E-state index in [1.165, 1.54) is 22.3 Å². The molecule has 0 bridgehead atoms. The highest BCUT2D eigenvalue weighted by molar-refractivity contribution is 8.01. The van der Waals surface area contributed by atoms with Crippen molar-refractivity contribution in [1.82, 2.24) is 9.80 Å². The Morgan fingerprint density at radius 3 is 2.66 bits per heavy atom. The van der Waals surface area contributed by atoms with Crippen molar-refractivity contribution in [1.29, 1.82) is 0 Å². The van der Waals surface area contributed by atoms with Crippen molar-refractivity contribution in [2.75, 3.05) is 39.3 Å². The monoisotopic (exact) mass is 414 g/mol. The summed E-state index contributed by atoms with van der Waals surface area (Å²) in [5.41, 5.74) is 2.47. The van der Waals surface area contributed by atoms with Crippen molar-refractivity contribution in [3.63, 3.8) is 0 Å². The molecule has 6 nitrogen and oxygen atoms in total. The number of carbonyl (C=O) groups is 2. The number of rotatable bonds is 5. The van der Waals surface area contributed by atoms with Crippen LogP contribution in [-0.4, -0.2) is 66.1 Å². The molecule has 2 saturated heterocycles. The minimum Gasteiger partial charge on any atom is -0.459 e. The Morgan fingerprint density at radius 2 is 1.97 bits per heavy atom. The fourth-order valence-corrected chi connectivity index (χ4v) is 5.52. The number of nitrogens with zero attached hydrogens (tertiary/aromatic N) is 2. The minimum absolute atomic E-state index is 0.00243. The molecule has 7 heteroatoms. The van der Waals surface area contributed by atoms with Gasteiger partial charge < -0.3 is 19.1 Å². The number of carbonyl (C=O) groups excluding carboxylic acids is 2. The maximum atomic E-state index is 12.8. The summed E-state index contributed by atoms with van der Waals surface area (Å²) in [5.74, 6) is 0.603. The zero-order valence-electron chi connectivity index (χ0n) is 17.0. The van der Waals surface area contributed by atoms with Crippen LogP contribution in [0.4, 0.5) is 0 Å². The Hall–Kier alpha value is -2.25. The molecule has 2 aliphatic rings. The van der Waals surface area contributed by atoms with Crippen LogP contribution < -0.4 is 4.90 Å². The molecular weight excluding hydrogens is 386 g/mol. The second-order valence-electron chi connectivity index (χ2n) is 7.79. The van der Waals surface area contributed by atoms with E-state index in [2.05, 4.69) is 25.1 Å². The Morgan fingerprint density at radius 1 is 1.21 bits per heavy atom. The number of thioether (sulfide) groups is 1. The molecule has 1 aromatic carbocycles. The Balaban J connectivity index is 1.34. The molecule has 0 saturated carbocycles. The van der Waals surface area contributed by atoms with Gasteiger partial charge in [0.15, 0.2) is 5.76 Å². The van der Waals surface area contributed by atoms with E-state index in [9.17, 15) is 9.59 Å². The van der Waals surface area contributed by atoms with Crippen molar-refractivity contribution in [3.05, 3.63) is 59.5 Å². The number of aryl methyl sites for hydroxylation is 1. The lowest BCUT2D eigenvalue weighted by molar-refractivity contribution is -0.903. The third-order valence-corrected chi connectivity index (χ3v) is 7.27. The first-order chi connectivity index (χ1) is 14.0. The van der Waals surface area contributed by atoms with E-state index in [0.717, 1.165) is 39.3 Å². The summed E-state index contributed by atoms with van der Waals surface area (Å²) in [6, 6.07) is 11.8. The number of nitrogens with one attached hydrogen (secondary N) is 1. The summed E-state index contributed by atoms with van der Waals surface area (Å²) < 4.78 is 5.23. The molecule has 0 unspecified atom stereocenters. The summed E-state index contributed by atoms with van der Waals surface area (Å²) in [5, 5.41) is 0.0947. The molecule has 2 aliphatic heterocycles. The molecule has 0 aliphatic carbocycles. The number of hydrogen-bond acceptors (Lipinski definition) is 4. The van der Waals surface area contributed by atoms with Crippen LogP contribution in [0.3, 0.4) is 0 Å². The quantitative estimate of drug-likeness (QED) is 0.807. The van der Waals surface area contributed by atoms with Gasteiger partial charge in [0, 0.05) is 0 Å². The van der Waals surface area contributed by atoms with Gasteiger partial charge in [0.2, 0.25) is 5.91 Å². The molecule has 2 fully saturated rings. The van der Waals surface area contributed by atoms with Crippen LogP contribution in [0.25, 0.3) is 0 Å². The van der Waals surface area contributed by atoms with Gasteiger partial charge in [-0.3, -0.25) is 9.59 Å². The molecule has 2 aromatic rings. The normalized spacial score (nSPS) is 23.0. The number of benzene rings is 1. The van der Waals surface area contributed by atoms with Crippen LogP contribution >= 0.6 is 11.8 Å². The number of piperazine rings is 1. The maximum Gasteiger partial charge on any atom is 0.289 e. The van der Waals surface area contributed by atoms with Crippen LogP contribution in [0.1, 0.15) is 34.0 Å². The van der Waals surface area contributed by atoms with Crippen molar-refractivity contribution < 1.29 is 18.9 Å². The molecule has 0 spiro atoms. The lowest BCUT2D eigenvalue weighted by Crippen LogP contribution is -3.15. The second kappa shape index (κ2) is 8.63. The third-order valence-electron chi connectivity index (χ3n) is 5.90. The van der Waals surface area contributed by atoms with E-state index in [1.807, 2.05) is 22.8 Å². The summed E-state index contributed by atoms with van der Waals surface area (Å²) in [7, 11) is 0. The van der Waals surface area contributed by atoms with Gasteiger partial charge >= 0.3 is 0 Å². The number of hydrogen-bond donors (Lipinski definition) is 1. The average molecular weight is 415 g/mol. The van der Waals surface area contributed by atoms with Gasteiger partial charge in [-0.2, -0.15) is 0 Å². The van der Waals surface area contributed by atoms with Gasteiger partial charge in [0.05, 0.1) is 50.8 Å². The maximum absolute atomic E-state index is 12.8. The highest BCUT2D eigenvalue weighted by Gasteiger charge is 2.39. The Kier molecular flexibility index (Phi) is 5.96. The highest BCUT2D eigenvalue weighted by atomic mass is 32.2. The molecule has 1 N–H and O–H groups in total. The zero-order valence-corrected chi connectivity index (χ0v) is 17.8. The average Bonchev–Trinajstić information content (AvgIpc) is 3.36. The smallest absolute Gasteiger partial charge is 0.289 e. The molecule has 0 radical (unpaired) electrons. The summed E-state index contributed by atoms with van der Waals surface area (Å²) >= 11 is 1.74. The van der Waals surface area contributed by atoms with Crippen molar-refractivity contribution in [2.24, 2.45) is 0 Å². The summed E-state index contributed by atoms with van der Waals surface area (Å²) in [4.78, 5) is 30.5. The second-order valence-corrected chi connectivity index (χ2v) is 9.21. The largest absolute Gasteiger partial charge is 0.459 e. The summed E-state index contributed by atoms with van der Waals surface area (Å²) in [6.07, 6.45) is 1.53. The Labute approximate surface area is 175 Å². The van der Waals surface area contributed by atoms with Crippen LogP contribution in [0.15, 0.2) is 47.1 Å². The molecule has 3 heterocycles. The number of furan rings is 1. The van der Waals surface area contributed by atoms with Crippen LogP contribution in [0.5, 0.6) is 0 Å². The van der Waals surface area contributed by atoms with E-state index >= 15 is 0 Å². The van der Waals surface area contributed by atoms with E-state index in [4.69, 9.17) is 4.42 Å². The highest BCUT2D eigenvalue weighted by Crippen LogP contribution is 2.43. The standard InChI is InChI=1S/C22H27N3O3S/c1-16-6-3-4-7-18(16)22-25(20(26)17(2)29-22)14-11-23-9-12-24(13-10-23)21(27)19-8-5-15-28-19/h3-8,15,17,22H,9-14H2,1-2H3/p+1/t17-,22-/m0/s1. The third kappa shape index (κ3) is 4.21. The fourth-order valence-electron chi connectivity index (χ4n) is 4.12. The topological polar surface area (TPSA) is 58.2 Å². The minimum atomic E-state index is -0.0337. The molecule has 2 atom stereocenters. The predicted molar refractivity (Wildman–Crippen MR) is 113 cm³/mol. The number of amides is 2. The first kappa shape index (κ1) is 20.0. The van der Waals surface area contributed by atoms with Crippen LogP contribution in [0, 0.1) is 6.92 Å². The SMILES string of the molecule is Cc1ccccc1[C@@H]1S[C@@H](C)C(=O)N1CC[NH+]1CCN(C(=O)c2ccco2)CC1. The van der Waals surface area contributed by atoms with Crippen LogP contribution in [0.2, 0.25) is 0 Å². The van der Waals surface area contributed by atoms with E-state index in [-0.39, 0.29) is 22.4 Å². The van der Waals surface area contributed by atoms with E-state index < -0.39 is 0 Å². The first-order valence-electron chi connectivity index (χ1n) is 10.2. The van der Waals surface area contributed by atoms with Gasteiger partial charge in [-0.25, -0.2) is 0 Å². The molecule has 2 amide bonds. The fraction of sp³-hybridized carbons (Fsp3) is 0.455. The lowest BCUT2D eigenvalue weighted by atomic mass is 10.1. The van der Waals surface area contributed by atoms with Crippen molar-refractivity contribution in [2.45, 2.75) is 24.5 Å². The summed E-state index contributed by atoms with van der Waals surface area (Å²) in [6.45, 7) is 9.00. The zero-order chi connectivity index (χ0) is 20.4. The predicted octanol–water partition coefficient (Wildman–Crippen LogP) is 1.59. The van der Waals surface area contributed by atoms with Crippen LogP contribution in [-0.2, 0) is 4.79 Å². The van der Waals surface area contributed by atoms with Crippen molar-refractivity contribution in [3.8, 4) is 0 Å². The van der Waals surface area contributed by atoms with Gasteiger partial charge in [0.1, 0.15) is 5.37 Å². The number of quaternary nitrogens is 1. The molecule has 4 rings (SSSR count). The molecule has 1 aromatic heterocycles. The van der Waals surface area contributed by atoms with Gasteiger partial charge in [0.25, 0.3) is 5.91 Å². The van der Waals surface area contributed by atoms with Gasteiger partial charge in [-0.15, -0.1) is 11.8 Å². The van der Waals surface area contributed by atoms with Gasteiger partial charge in [-0.05, 0) is 37.1 Å². The Bertz CT molecular complexity index is 862. The van der Waals surface area contributed by atoms with Crippen molar-refractivity contribution >= 4 is 23.6 Å².